The summed E-state index contributed by atoms with van der Waals surface area (Å²) in [7, 11) is 3.08. The van der Waals surface area contributed by atoms with E-state index in [2.05, 4.69) is 0 Å². The van der Waals surface area contributed by atoms with Gasteiger partial charge in [0.15, 0.2) is 28.8 Å². The second kappa shape index (κ2) is 13.6. The number of carbonyl (C=O) groups is 4. The van der Waals surface area contributed by atoms with E-state index in [1.165, 1.54) is 25.4 Å². The predicted molar refractivity (Wildman–Crippen MR) is 154 cm³/mol. The number of fused-ring (bicyclic) bond motifs is 2. The minimum absolute atomic E-state index is 0.0555. The molecule has 1 aromatic heterocycles. The molecular weight excluding hydrogens is 566 g/mol. The predicted octanol–water partition coefficient (Wildman–Crippen LogP) is 4.77. The molecule has 0 bridgehead atoms. The molecule has 1 aliphatic rings. The van der Waals surface area contributed by atoms with E-state index in [9.17, 15) is 19.2 Å². The summed E-state index contributed by atoms with van der Waals surface area (Å²) < 4.78 is 23.8. The summed E-state index contributed by atoms with van der Waals surface area (Å²) in [6.07, 6.45) is 0.220. The van der Waals surface area contributed by atoms with E-state index < -0.39 is 17.9 Å². The SMILES string of the molecule is COc1cc2c(cc1OCCCOc1cc3cc(C(=O)CCC(=O)O)sc3cc1OC)CN(C(=O)C[C@H](C)C(=O)O)C2. The normalized spacial score (nSPS) is 13.0. The van der Waals surface area contributed by atoms with Crippen LogP contribution < -0.4 is 18.9 Å². The van der Waals surface area contributed by atoms with Crippen LogP contribution in [0.2, 0.25) is 0 Å². The van der Waals surface area contributed by atoms with E-state index in [-0.39, 0.29) is 31.0 Å². The van der Waals surface area contributed by atoms with Gasteiger partial charge in [-0.15, -0.1) is 11.3 Å². The van der Waals surface area contributed by atoms with Gasteiger partial charge in [0.2, 0.25) is 5.91 Å². The number of Topliss-reactive ketones (excluding diaryl/α,β-unsaturated/α-hetero) is 1. The zero-order valence-electron chi connectivity index (χ0n) is 23.6. The third kappa shape index (κ3) is 7.30. The number of hydrogen-bond acceptors (Lipinski definition) is 9. The number of amides is 1. The molecule has 12 heteroatoms. The Bertz CT molecular complexity index is 1500. The van der Waals surface area contributed by atoms with Crippen molar-refractivity contribution in [3.05, 3.63) is 46.3 Å². The second-order valence-electron chi connectivity index (χ2n) is 9.98. The van der Waals surface area contributed by atoms with Gasteiger partial charge >= 0.3 is 11.9 Å². The Balaban J connectivity index is 1.33. The maximum atomic E-state index is 12.6. The van der Waals surface area contributed by atoms with Crippen molar-refractivity contribution in [2.45, 2.75) is 45.7 Å². The Labute approximate surface area is 246 Å². The molecule has 224 valence electrons. The average molecular weight is 600 g/mol. The third-order valence-corrected chi connectivity index (χ3v) is 8.05. The smallest absolute Gasteiger partial charge is 0.306 e. The maximum Gasteiger partial charge on any atom is 0.306 e. The van der Waals surface area contributed by atoms with Gasteiger partial charge in [-0.1, -0.05) is 6.92 Å². The van der Waals surface area contributed by atoms with Crippen LogP contribution in [0.25, 0.3) is 10.1 Å². The van der Waals surface area contributed by atoms with Gasteiger partial charge in [-0.2, -0.15) is 0 Å². The van der Waals surface area contributed by atoms with Crippen molar-refractivity contribution in [2.24, 2.45) is 5.92 Å². The molecule has 0 fully saturated rings. The van der Waals surface area contributed by atoms with Crippen LogP contribution in [0.3, 0.4) is 0 Å². The molecule has 42 heavy (non-hydrogen) atoms. The molecule has 1 atom stereocenters. The number of ketones is 1. The molecule has 0 saturated heterocycles. The lowest BCUT2D eigenvalue weighted by atomic mass is 10.1. The zero-order valence-corrected chi connectivity index (χ0v) is 24.5. The molecule has 0 radical (unpaired) electrons. The summed E-state index contributed by atoms with van der Waals surface area (Å²) in [6, 6.07) is 9.03. The number of rotatable bonds is 15. The number of methoxy groups -OCH3 is 2. The number of aliphatic carboxylic acids is 2. The first kappa shape index (κ1) is 30.6. The van der Waals surface area contributed by atoms with Gasteiger partial charge in [-0.05, 0) is 40.8 Å². The molecule has 0 spiro atoms. The molecule has 2 aromatic carbocycles. The standard InChI is InChI=1S/C30H33NO10S/c1-17(30(36)37)9-28(33)31-15-19-11-22(38-2)25(12-20(19)16-31)41-8-4-7-40-24-10-18-13-27(21(32)5-6-29(34)35)42-26(18)14-23(24)39-3/h10-14,17H,4-9,15-16H2,1-3H3,(H,34,35)(H,36,37)/t17-/m0/s1. The lowest BCUT2D eigenvalue weighted by Gasteiger charge is -2.16. The van der Waals surface area contributed by atoms with Crippen LogP contribution in [-0.2, 0) is 27.5 Å². The number of nitrogens with zero attached hydrogens (tertiary/aromatic N) is 1. The number of benzene rings is 2. The van der Waals surface area contributed by atoms with E-state index in [4.69, 9.17) is 29.2 Å². The lowest BCUT2D eigenvalue weighted by Crippen LogP contribution is -2.28. The Hall–Kier alpha value is -4.32. The van der Waals surface area contributed by atoms with Crippen molar-refractivity contribution in [3.8, 4) is 23.0 Å². The Kier molecular flexibility index (Phi) is 9.89. The fourth-order valence-electron chi connectivity index (χ4n) is 4.56. The van der Waals surface area contributed by atoms with Gasteiger partial charge in [0.05, 0.1) is 44.6 Å². The van der Waals surface area contributed by atoms with Crippen molar-refractivity contribution < 1.29 is 48.3 Å². The summed E-state index contributed by atoms with van der Waals surface area (Å²) >= 11 is 1.29. The van der Waals surface area contributed by atoms with Gasteiger partial charge in [0.1, 0.15) is 0 Å². The van der Waals surface area contributed by atoms with Gasteiger partial charge in [-0.25, -0.2) is 0 Å². The van der Waals surface area contributed by atoms with Crippen molar-refractivity contribution in [1.82, 2.24) is 4.90 Å². The number of hydrogen-bond donors (Lipinski definition) is 2. The molecule has 4 rings (SSSR count). The highest BCUT2D eigenvalue weighted by molar-refractivity contribution is 7.20. The van der Waals surface area contributed by atoms with Gasteiger partial charge in [0, 0.05) is 43.1 Å². The summed E-state index contributed by atoms with van der Waals surface area (Å²) in [5.74, 6) is -1.06. The Morgan fingerprint density at radius 2 is 1.45 bits per heavy atom. The molecule has 1 aliphatic heterocycles. The topological polar surface area (TPSA) is 149 Å². The lowest BCUT2D eigenvalue weighted by molar-refractivity contribution is -0.145. The quantitative estimate of drug-likeness (QED) is 0.185. The van der Waals surface area contributed by atoms with E-state index in [0.717, 1.165) is 21.2 Å². The summed E-state index contributed by atoms with van der Waals surface area (Å²) in [5, 5.41) is 18.8. The maximum absolute atomic E-state index is 12.6. The average Bonchev–Trinajstić information content (AvgIpc) is 3.58. The molecule has 2 N–H and O–H groups in total. The zero-order chi connectivity index (χ0) is 30.4. The first-order valence-electron chi connectivity index (χ1n) is 13.4. The van der Waals surface area contributed by atoms with Crippen LogP contribution in [-0.4, -0.2) is 66.2 Å². The van der Waals surface area contributed by atoms with Crippen molar-refractivity contribution in [1.29, 1.82) is 0 Å². The van der Waals surface area contributed by atoms with E-state index >= 15 is 0 Å². The number of ether oxygens (including phenoxy) is 4. The number of thiophene rings is 1. The Morgan fingerprint density at radius 1 is 0.857 bits per heavy atom. The molecule has 0 unspecified atom stereocenters. The second-order valence-corrected chi connectivity index (χ2v) is 11.1. The van der Waals surface area contributed by atoms with Crippen molar-refractivity contribution in [2.75, 3.05) is 27.4 Å². The number of carboxylic acids is 2. The van der Waals surface area contributed by atoms with Crippen LogP contribution in [0.1, 0.15) is 53.4 Å². The van der Waals surface area contributed by atoms with Crippen molar-refractivity contribution in [3.63, 3.8) is 0 Å². The fraction of sp³-hybridized carbons (Fsp3) is 0.400. The van der Waals surface area contributed by atoms with Crippen LogP contribution in [0.5, 0.6) is 23.0 Å². The van der Waals surface area contributed by atoms with Crippen molar-refractivity contribution >= 4 is 45.1 Å². The van der Waals surface area contributed by atoms with Crippen LogP contribution in [0.15, 0.2) is 30.3 Å². The summed E-state index contributed by atoms with van der Waals surface area (Å²) in [5.41, 5.74) is 1.86. The highest BCUT2D eigenvalue weighted by Crippen LogP contribution is 2.38. The largest absolute Gasteiger partial charge is 0.493 e. The summed E-state index contributed by atoms with van der Waals surface area (Å²) in [4.78, 5) is 49.0. The van der Waals surface area contributed by atoms with E-state index in [0.29, 0.717) is 60.6 Å². The molecule has 3 aromatic rings. The molecular formula is C30H33NO10S. The van der Waals surface area contributed by atoms with Crippen LogP contribution in [0.4, 0.5) is 0 Å². The van der Waals surface area contributed by atoms with Crippen LogP contribution >= 0.6 is 11.3 Å². The molecule has 0 aliphatic carbocycles. The summed E-state index contributed by atoms with van der Waals surface area (Å²) in [6.45, 7) is 2.94. The number of carboxylic acid groups (broad SMARTS) is 2. The molecule has 1 amide bonds. The van der Waals surface area contributed by atoms with E-state index in [1.807, 2.05) is 12.1 Å². The fourth-order valence-corrected chi connectivity index (χ4v) is 5.60. The highest BCUT2D eigenvalue weighted by atomic mass is 32.1. The van der Waals surface area contributed by atoms with Crippen LogP contribution in [0, 0.1) is 5.92 Å². The van der Waals surface area contributed by atoms with Gasteiger partial charge in [0.25, 0.3) is 0 Å². The third-order valence-electron chi connectivity index (χ3n) is 6.91. The first-order chi connectivity index (χ1) is 20.1. The highest BCUT2D eigenvalue weighted by Gasteiger charge is 2.28. The molecule has 11 nitrogen and oxygen atoms in total. The molecule has 2 heterocycles. The van der Waals surface area contributed by atoms with Gasteiger partial charge in [-0.3, -0.25) is 19.2 Å². The molecule has 0 saturated carbocycles. The minimum atomic E-state index is -1.01. The first-order valence-corrected chi connectivity index (χ1v) is 14.2. The van der Waals surface area contributed by atoms with E-state index in [1.54, 1.807) is 30.2 Å². The monoisotopic (exact) mass is 599 g/mol. The number of carbonyl (C=O) groups excluding carboxylic acids is 2. The Morgan fingerprint density at radius 3 is 2.05 bits per heavy atom. The minimum Gasteiger partial charge on any atom is -0.493 e. The van der Waals surface area contributed by atoms with Gasteiger partial charge < -0.3 is 34.1 Å².